The largest absolute Gasteiger partial charge is 0.394 e. The minimum absolute atomic E-state index is 0.0419. The average Bonchev–Trinajstić information content (AvgIpc) is 1.89. The molecule has 0 saturated heterocycles. The zero-order valence-corrected chi connectivity index (χ0v) is 5.88. The van der Waals surface area contributed by atoms with Crippen molar-refractivity contribution in [3.63, 3.8) is 0 Å². The van der Waals surface area contributed by atoms with Gasteiger partial charge >= 0.3 is 0 Å². The van der Waals surface area contributed by atoms with E-state index in [0.717, 1.165) is 12.8 Å². The predicted molar refractivity (Wildman–Crippen MR) is 39.1 cm³/mol. The van der Waals surface area contributed by atoms with Crippen molar-refractivity contribution in [1.29, 1.82) is 0 Å². The molecular weight excluding hydrogens is 114 g/mol. The summed E-state index contributed by atoms with van der Waals surface area (Å²) in [6, 6.07) is -0.170. The van der Waals surface area contributed by atoms with Crippen LogP contribution in [0.25, 0.3) is 0 Å². The van der Waals surface area contributed by atoms with Crippen LogP contribution in [0.4, 0.5) is 0 Å². The molecule has 0 rings (SSSR count). The summed E-state index contributed by atoms with van der Waals surface area (Å²) in [7, 11) is 0. The van der Waals surface area contributed by atoms with E-state index < -0.39 is 0 Å². The molecule has 0 aromatic rings. The van der Waals surface area contributed by atoms with Gasteiger partial charge in [0.15, 0.2) is 0 Å². The summed E-state index contributed by atoms with van der Waals surface area (Å²) in [6.45, 7) is 2.15. The number of allylic oxidation sites excluding steroid dienone is 1. The summed E-state index contributed by atoms with van der Waals surface area (Å²) in [5.41, 5.74) is 5.38. The number of unbranched alkanes of at least 4 members (excludes halogenated alkanes) is 1. The molecule has 0 aromatic heterocycles. The summed E-state index contributed by atoms with van der Waals surface area (Å²) in [6.07, 6.45) is 6.02. The van der Waals surface area contributed by atoms with Crippen LogP contribution in [0.2, 0.25) is 0 Å². The lowest BCUT2D eigenvalue weighted by atomic mass is 10.2. The van der Waals surface area contributed by atoms with E-state index in [9.17, 15) is 0 Å². The average molecular weight is 129 g/mol. The predicted octanol–water partition coefficient (Wildman–Crippen LogP) is 0.662. The molecule has 0 aliphatic rings. The van der Waals surface area contributed by atoms with E-state index in [1.54, 1.807) is 0 Å². The van der Waals surface area contributed by atoms with Crippen LogP contribution in [-0.2, 0) is 0 Å². The highest BCUT2D eigenvalue weighted by Gasteiger charge is 1.89. The zero-order valence-electron chi connectivity index (χ0n) is 5.88. The second-order valence-corrected chi connectivity index (χ2v) is 2.06. The standard InChI is InChI=1S/C7H15NO/c1-2-3-4-5-7(8)6-9/h4-5,7,9H,2-3,6,8H2,1H3/b5-4+/t7-/m0/s1. The maximum Gasteiger partial charge on any atom is 0.0618 e. The molecule has 0 unspecified atom stereocenters. The lowest BCUT2D eigenvalue weighted by molar-refractivity contribution is 0.284. The quantitative estimate of drug-likeness (QED) is 0.548. The molecule has 0 aliphatic carbocycles. The van der Waals surface area contributed by atoms with Gasteiger partial charge in [0.05, 0.1) is 6.61 Å². The zero-order chi connectivity index (χ0) is 7.11. The van der Waals surface area contributed by atoms with Crippen molar-refractivity contribution in [2.24, 2.45) is 5.73 Å². The van der Waals surface area contributed by atoms with Crippen LogP contribution in [0, 0.1) is 0 Å². The van der Waals surface area contributed by atoms with Crippen LogP contribution in [0.1, 0.15) is 19.8 Å². The van der Waals surface area contributed by atoms with E-state index in [-0.39, 0.29) is 12.6 Å². The summed E-state index contributed by atoms with van der Waals surface area (Å²) in [5, 5.41) is 8.46. The highest BCUT2D eigenvalue weighted by Crippen LogP contribution is 1.89. The highest BCUT2D eigenvalue weighted by molar-refractivity contribution is 4.90. The van der Waals surface area contributed by atoms with Crippen LogP contribution < -0.4 is 5.73 Å². The minimum Gasteiger partial charge on any atom is -0.394 e. The van der Waals surface area contributed by atoms with Crippen molar-refractivity contribution in [3.8, 4) is 0 Å². The van der Waals surface area contributed by atoms with E-state index in [1.165, 1.54) is 0 Å². The second kappa shape index (κ2) is 5.79. The first kappa shape index (κ1) is 8.66. The molecule has 0 saturated carbocycles. The van der Waals surface area contributed by atoms with Crippen LogP contribution >= 0.6 is 0 Å². The first-order valence-electron chi connectivity index (χ1n) is 3.34. The van der Waals surface area contributed by atoms with E-state index in [0.29, 0.717) is 0 Å². The third-order valence-electron chi connectivity index (χ3n) is 1.05. The first-order valence-corrected chi connectivity index (χ1v) is 3.34. The van der Waals surface area contributed by atoms with E-state index in [4.69, 9.17) is 10.8 Å². The Bertz CT molecular complexity index is 81.0. The first-order chi connectivity index (χ1) is 4.31. The van der Waals surface area contributed by atoms with Gasteiger partial charge in [0.2, 0.25) is 0 Å². The van der Waals surface area contributed by atoms with Crippen molar-refractivity contribution in [1.82, 2.24) is 0 Å². The topological polar surface area (TPSA) is 46.2 Å². The Morgan fingerprint density at radius 1 is 1.67 bits per heavy atom. The van der Waals surface area contributed by atoms with Crippen LogP contribution in [0.15, 0.2) is 12.2 Å². The van der Waals surface area contributed by atoms with Crippen LogP contribution in [0.5, 0.6) is 0 Å². The molecule has 0 radical (unpaired) electrons. The van der Waals surface area contributed by atoms with Crippen molar-refractivity contribution < 1.29 is 5.11 Å². The molecule has 0 bridgehead atoms. The Morgan fingerprint density at radius 2 is 2.33 bits per heavy atom. The van der Waals surface area contributed by atoms with Gasteiger partial charge in [-0.25, -0.2) is 0 Å². The molecule has 0 fully saturated rings. The van der Waals surface area contributed by atoms with Gasteiger partial charge in [-0.15, -0.1) is 0 Å². The van der Waals surface area contributed by atoms with Crippen molar-refractivity contribution >= 4 is 0 Å². The molecule has 2 heteroatoms. The van der Waals surface area contributed by atoms with Crippen molar-refractivity contribution in [2.45, 2.75) is 25.8 Å². The molecule has 0 spiro atoms. The molecule has 0 aromatic carbocycles. The molecule has 0 heterocycles. The van der Waals surface area contributed by atoms with Crippen LogP contribution in [0.3, 0.4) is 0 Å². The van der Waals surface area contributed by atoms with Gasteiger partial charge in [0.25, 0.3) is 0 Å². The number of hydrogen-bond donors (Lipinski definition) is 2. The molecule has 54 valence electrons. The van der Waals surface area contributed by atoms with E-state index >= 15 is 0 Å². The molecule has 9 heavy (non-hydrogen) atoms. The number of rotatable bonds is 4. The summed E-state index contributed by atoms with van der Waals surface area (Å²) in [5.74, 6) is 0. The SMILES string of the molecule is CCC/C=C/[C@H](N)CO. The monoisotopic (exact) mass is 129 g/mol. The third-order valence-corrected chi connectivity index (χ3v) is 1.05. The normalized spacial score (nSPS) is 14.6. The molecule has 0 amide bonds. The molecule has 1 atom stereocenters. The number of aliphatic hydroxyl groups is 1. The number of hydrogen-bond acceptors (Lipinski definition) is 2. The van der Waals surface area contributed by atoms with Gasteiger partial charge in [-0.2, -0.15) is 0 Å². The number of nitrogens with two attached hydrogens (primary N) is 1. The maximum absolute atomic E-state index is 8.46. The van der Waals surface area contributed by atoms with Gasteiger partial charge < -0.3 is 10.8 Å². The van der Waals surface area contributed by atoms with Gasteiger partial charge in [0.1, 0.15) is 0 Å². The van der Waals surface area contributed by atoms with Crippen molar-refractivity contribution in [2.75, 3.05) is 6.61 Å². The van der Waals surface area contributed by atoms with Crippen molar-refractivity contribution in [3.05, 3.63) is 12.2 Å². The lowest BCUT2D eigenvalue weighted by Gasteiger charge is -1.97. The number of aliphatic hydroxyl groups excluding tert-OH is 1. The Hall–Kier alpha value is -0.340. The summed E-state index contributed by atoms with van der Waals surface area (Å²) < 4.78 is 0. The lowest BCUT2D eigenvalue weighted by Crippen LogP contribution is -2.20. The Labute approximate surface area is 56.4 Å². The molecule has 0 aliphatic heterocycles. The summed E-state index contributed by atoms with van der Waals surface area (Å²) in [4.78, 5) is 0. The van der Waals surface area contributed by atoms with E-state index in [2.05, 4.69) is 6.92 Å². The third kappa shape index (κ3) is 5.53. The fourth-order valence-corrected chi connectivity index (χ4v) is 0.499. The Morgan fingerprint density at radius 3 is 2.78 bits per heavy atom. The van der Waals surface area contributed by atoms with E-state index in [1.807, 2.05) is 12.2 Å². The maximum atomic E-state index is 8.46. The fraction of sp³-hybridized carbons (Fsp3) is 0.714. The van der Waals surface area contributed by atoms with Gasteiger partial charge in [-0.3, -0.25) is 0 Å². The second-order valence-electron chi connectivity index (χ2n) is 2.06. The summed E-state index contributed by atoms with van der Waals surface area (Å²) >= 11 is 0. The van der Waals surface area contributed by atoms with Gasteiger partial charge in [-0.05, 0) is 6.42 Å². The minimum atomic E-state index is -0.170. The van der Waals surface area contributed by atoms with Crippen LogP contribution in [-0.4, -0.2) is 17.8 Å². The fourth-order valence-electron chi connectivity index (χ4n) is 0.499. The Balaban J connectivity index is 3.20. The van der Waals surface area contributed by atoms with Gasteiger partial charge in [0, 0.05) is 6.04 Å². The molecule has 3 N–H and O–H groups in total. The van der Waals surface area contributed by atoms with Gasteiger partial charge in [-0.1, -0.05) is 25.5 Å². The smallest absolute Gasteiger partial charge is 0.0618 e. The highest BCUT2D eigenvalue weighted by atomic mass is 16.3. The molecule has 2 nitrogen and oxygen atoms in total. The Kier molecular flexibility index (Phi) is 5.57. The molecular formula is C7H15NO.